The predicted molar refractivity (Wildman–Crippen MR) is 52.4 cm³/mol. The van der Waals surface area contributed by atoms with Crippen LogP contribution in [0.2, 0.25) is 0 Å². The van der Waals surface area contributed by atoms with Crippen LogP contribution in [0, 0.1) is 0 Å². The van der Waals surface area contributed by atoms with Crippen LogP contribution in [0.3, 0.4) is 0 Å². The van der Waals surface area contributed by atoms with Crippen LogP contribution in [0.25, 0.3) is 0 Å². The summed E-state index contributed by atoms with van der Waals surface area (Å²) in [6.45, 7) is 2.90. The van der Waals surface area contributed by atoms with Gasteiger partial charge in [0.15, 0.2) is 0 Å². The second kappa shape index (κ2) is 6.62. The molecule has 0 radical (unpaired) electrons. The van der Waals surface area contributed by atoms with Gasteiger partial charge in [-0.05, 0) is 13.8 Å². The lowest BCUT2D eigenvalue weighted by Gasteiger charge is -2.22. The third-order valence-corrected chi connectivity index (χ3v) is 1.54. The van der Waals surface area contributed by atoms with Crippen molar-refractivity contribution in [2.75, 3.05) is 0 Å². The Kier molecular flexibility index (Phi) is 6.04. The lowest BCUT2D eigenvalue weighted by Crippen LogP contribution is -2.45. The van der Waals surface area contributed by atoms with Crippen molar-refractivity contribution in [2.45, 2.75) is 38.4 Å². The molecule has 0 saturated carbocycles. The van der Waals surface area contributed by atoms with Gasteiger partial charge in [-0.15, -0.1) is 0 Å². The normalized spacial score (nSPS) is 13.1. The number of carbonyl (C=O) groups is 2. The van der Waals surface area contributed by atoms with Crippen molar-refractivity contribution < 1.29 is 45.4 Å². The van der Waals surface area contributed by atoms with Gasteiger partial charge >= 0.3 is 24.3 Å². The van der Waals surface area contributed by atoms with Crippen molar-refractivity contribution in [3.8, 4) is 0 Å². The van der Waals surface area contributed by atoms with Crippen LogP contribution in [0.4, 0.5) is 26.3 Å². The number of rotatable bonds is 4. The number of esters is 2. The zero-order valence-electron chi connectivity index (χ0n) is 10.2. The third kappa shape index (κ3) is 7.00. The van der Waals surface area contributed by atoms with E-state index in [1.54, 1.807) is 0 Å². The Hall–Kier alpha value is -1.74. The molecule has 0 spiro atoms. The zero-order valence-corrected chi connectivity index (χ0v) is 10.2. The minimum atomic E-state index is -5.81. The Balaban J connectivity index is 4.72. The summed E-state index contributed by atoms with van der Waals surface area (Å²) in [5.74, 6) is -3.07. The molecule has 0 aromatic heterocycles. The van der Waals surface area contributed by atoms with Gasteiger partial charge in [0, 0.05) is 12.2 Å². The van der Waals surface area contributed by atoms with Crippen LogP contribution in [-0.4, -0.2) is 36.5 Å². The molecule has 0 aliphatic heterocycles. The van der Waals surface area contributed by atoms with Crippen LogP contribution in [-0.2, 0) is 19.1 Å². The van der Waals surface area contributed by atoms with Gasteiger partial charge in [-0.3, -0.25) is 0 Å². The maximum Gasteiger partial charge on any atom is 0.434 e. The highest BCUT2D eigenvalue weighted by Crippen LogP contribution is 2.35. The molecular weight excluding hydrogens is 298 g/mol. The fourth-order valence-electron chi connectivity index (χ4n) is 0.882. The average molecular weight is 308 g/mol. The fraction of sp³-hybridized carbons (Fsp3) is 0.600. The maximum absolute atomic E-state index is 12.0. The molecule has 0 rings (SSSR count). The first kappa shape index (κ1) is 18.3. The molecule has 0 atom stereocenters. The largest absolute Gasteiger partial charge is 0.460 e. The first-order chi connectivity index (χ1) is 8.84. The van der Waals surface area contributed by atoms with Crippen molar-refractivity contribution in [2.24, 2.45) is 0 Å². The smallest absolute Gasteiger partial charge is 0.434 e. The van der Waals surface area contributed by atoms with Crippen LogP contribution in [0.15, 0.2) is 12.2 Å². The SMILES string of the molecule is CC(C)OC(=O)/C=C/C(=O)OC(C(F)(F)F)C(F)(F)F. The highest BCUT2D eigenvalue weighted by atomic mass is 19.4. The number of alkyl halides is 6. The van der Waals surface area contributed by atoms with E-state index in [9.17, 15) is 35.9 Å². The number of hydrogen-bond acceptors (Lipinski definition) is 4. The molecule has 0 aromatic rings. The summed E-state index contributed by atoms with van der Waals surface area (Å²) >= 11 is 0. The second-order valence-electron chi connectivity index (χ2n) is 3.72. The summed E-state index contributed by atoms with van der Waals surface area (Å²) in [4.78, 5) is 21.7. The van der Waals surface area contributed by atoms with Crippen molar-refractivity contribution >= 4 is 11.9 Å². The lowest BCUT2D eigenvalue weighted by atomic mass is 10.3. The number of carbonyl (C=O) groups excluding carboxylic acids is 2. The average Bonchev–Trinajstić information content (AvgIpc) is 2.18. The quantitative estimate of drug-likeness (QED) is 0.455. The molecular formula is C10H10F6O4. The van der Waals surface area contributed by atoms with Crippen molar-refractivity contribution in [3.05, 3.63) is 12.2 Å². The fourth-order valence-corrected chi connectivity index (χ4v) is 0.882. The molecule has 0 unspecified atom stereocenters. The van der Waals surface area contributed by atoms with E-state index < -0.39 is 36.5 Å². The Labute approximate surface area is 109 Å². The molecule has 0 aromatic carbocycles. The summed E-state index contributed by atoms with van der Waals surface area (Å²) in [6, 6.07) is 0. The number of ether oxygens (including phenoxy) is 2. The zero-order chi connectivity index (χ0) is 16.1. The van der Waals surface area contributed by atoms with Crippen molar-refractivity contribution in [1.82, 2.24) is 0 Å². The minimum Gasteiger partial charge on any atom is -0.460 e. The van der Waals surface area contributed by atoms with E-state index in [0.717, 1.165) is 0 Å². The topological polar surface area (TPSA) is 52.6 Å². The van der Waals surface area contributed by atoms with Gasteiger partial charge in [-0.2, -0.15) is 26.3 Å². The first-order valence-corrected chi connectivity index (χ1v) is 5.06. The van der Waals surface area contributed by atoms with E-state index in [4.69, 9.17) is 0 Å². The molecule has 116 valence electrons. The molecule has 0 bridgehead atoms. The van der Waals surface area contributed by atoms with Crippen LogP contribution in [0.1, 0.15) is 13.8 Å². The molecule has 0 aliphatic carbocycles. The lowest BCUT2D eigenvalue weighted by molar-refractivity contribution is -0.312. The maximum atomic E-state index is 12.0. The van der Waals surface area contributed by atoms with E-state index in [1.807, 2.05) is 0 Å². The molecule has 4 nitrogen and oxygen atoms in total. The van der Waals surface area contributed by atoms with E-state index in [1.165, 1.54) is 13.8 Å². The van der Waals surface area contributed by atoms with Crippen molar-refractivity contribution in [3.63, 3.8) is 0 Å². The van der Waals surface area contributed by atoms with Gasteiger partial charge in [0.2, 0.25) is 0 Å². The Morgan fingerprint density at radius 3 is 1.50 bits per heavy atom. The summed E-state index contributed by atoms with van der Waals surface area (Å²) in [5, 5.41) is 0. The van der Waals surface area contributed by atoms with Crippen LogP contribution >= 0.6 is 0 Å². The molecule has 0 fully saturated rings. The molecule has 0 aliphatic rings. The summed E-state index contributed by atoms with van der Waals surface area (Å²) < 4.78 is 79.9. The van der Waals surface area contributed by atoms with E-state index in [0.29, 0.717) is 6.08 Å². The Bertz CT molecular complexity index is 368. The molecule has 0 N–H and O–H groups in total. The van der Waals surface area contributed by atoms with Gasteiger partial charge in [-0.1, -0.05) is 0 Å². The Morgan fingerprint density at radius 2 is 1.20 bits per heavy atom. The summed E-state index contributed by atoms with van der Waals surface area (Å²) in [6.07, 6.45) is -15.9. The van der Waals surface area contributed by atoms with E-state index >= 15 is 0 Å². The number of hydrogen-bond donors (Lipinski definition) is 0. The van der Waals surface area contributed by atoms with Crippen LogP contribution in [0.5, 0.6) is 0 Å². The third-order valence-electron chi connectivity index (χ3n) is 1.54. The monoisotopic (exact) mass is 308 g/mol. The summed E-state index contributed by atoms with van der Waals surface area (Å²) in [5.41, 5.74) is 0. The highest BCUT2D eigenvalue weighted by Gasteiger charge is 2.59. The molecule has 10 heteroatoms. The van der Waals surface area contributed by atoms with Crippen molar-refractivity contribution in [1.29, 1.82) is 0 Å². The van der Waals surface area contributed by atoms with E-state index in [2.05, 4.69) is 9.47 Å². The molecule has 0 amide bonds. The minimum absolute atomic E-state index is 0.120. The highest BCUT2D eigenvalue weighted by molar-refractivity contribution is 5.91. The predicted octanol–water partition coefficient (Wildman–Crippen LogP) is 2.53. The van der Waals surface area contributed by atoms with Gasteiger partial charge in [0.1, 0.15) is 0 Å². The van der Waals surface area contributed by atoms with E-state index in [-0.39, 0.29) is 6.08 Å². The van der Waals surface area contributed by atoms with Gasteiger partial charge in [0.25, 0.3) is 6.10 Å². The van der Waals surface area contributed by atoms with Gasteiger partial charge in [0.05, 0.1) is 6.10 Å². The first-order valence-electron chi connectivity index (χ1n) is 5.06. The second-order valence-corrected chi connectivity index (χ2v) is 3.72. The van der Waals surface area contributed by atoms with Crippen LogP contribution < -0.4 is 0 Å². The molecule has 20 heavy (non-hydrogen) atoms. The van der Waals surface area contributed by atoms with Gasteiger partial charge in [-0.25, -0.2) is 9.59 Å². The van der Waals surface area contributed by atoms with Gasteiger partial charge < -0.3 is 9.47 Å². The number of halogens is 6. The molecule has 0 saturated heterocycles. The standard InChI is InChI=1S/C10H10F6O4/c1-5(2)19-6(17)3-4-7(18)20-8(9(11,12)13)10(14,15)16/h3-5,8H,1-2H3/b4-3+. The molecule has 0 heterocycles. The Morgan fingerprint density at radius 1 is 0.850 bits per heavy atom. The summed E-state index contributed by atoms with van der Waals surface area (Å²) in [7, 11) is 0.